The van der Waals surface area contributed by atoms with Crippen LogP contribution in [0.3, 0.4) is 0 Å². The molecule has 0 saturated carbocycles. The molecule has 0 radical (unpaired) electrons. The molecule has 0 unspecified atom stereocenters. The molecule has 0 amide bonds. The standard InChI is InChI=1S/C14H9BrF5NO2/c15-9-5-8(13(22)11(17)10(9)16)12(21)6-1-3-7(4-2-6)23-14(18,19)20/h1-5,12,22H,21H2/t12-/m0/s1. The van der Waals surface area contributed by atoms with E-state index in [1.807, 2.05) is 0 Å². The predicted molar refractivity (Wildman–Crippen MR) is 74.9 cm³/mol. The average Bonchev–Trinajstić information content (AvgIpc) is 2.47. The van der Waals surface area contributed by atoms with Gasteiger partial charge in [-0.05, 0) is 39.7 Å². The molecule has 0 heterocycles. The van der Waals surface area contributed by atoms with Crippen LogP contribution in [0, 0.1) is 11.6 Å². The number of phenols is 1. The van der Waals surface area contributed by atoms with Crippen molar-refractivity contribution in [3.05, 3.63) is 57.6 Å². The molecular weight excluding hydrogens is 389 g/mol. The van der Waals surface area contributed by atoms with Crippen molar-refractivity contribution in [3.8, 4) is 11.5 Å². The Balaban J connectivity index is 2.33. The third kappa shape index (κ3) is 3.91. The molecule has 0 aliphatic rings. The van der Waals surface area contributed by atoms with Gasteiger partial charge in [0, 0.05) is 5.56 Å². The van der Waals surface area contributed by atoms with E-state index in [2.05, 4.69) is 20.7 Å². The summed E-state index contributed by atoms with van der Waals surface area (Å²) in [7, 11) is 0. The third-order valence-corrected chi connectivity index (χ3v) is 3.55. The van der Waals surface area contributed by atoms with E-state index < -0.39 is 35.5 Å². The van der Waals surface area contributed by atoms with E-state index in [-0.39, 0.29) is 15.6 Å². The van der Waals surface area contributed by atoms with E-state index in [1.165, 1.54) is 12.1 Å². The number of hydrogen-bond acceptors (Lipinski definition) is 3. The fraction of sp³-hybridized carbons (Fsp3) is 0.143. The van der Waals surface area contributed by atoms with Crippen molar-refractivity contribution in [3.63, 3.8) is 0 Å². The molecule has 0 spiro atoms. The summed E-state index contributed by atoms with van der Waals surface area (Å²) in [6.45, 7) is 0. The fourth-order valence-electron chi connectivity index (χ4n) is 1.90. The zero-order valence-electron chi connectivity index (χ0n) is 11.2. The number of ether oxygens (including phenoxy) is 1. The molecule has 3 nitrogen and oxygen atoms in total. The summed E-state index contributed by atoms with van der Waals surface area (Å²) in [5, 5.41) is 9.65. The van der Waals surface area contributed by atoms with Crippen LogP contribution in [0.4, 0.5) is 22.0 Å². The molecule has 2 rings (SSSR count). The lowest BCUT2D eigenvalue weighted by Gasteiger charge is -2.16. The highest BCUT2D eigenvalue weighted by Gasteiger charge is 2.31. The smallest absolute Gasteiger partial charge is 0.505 e. The minimum atomic E-state index is -4.83. The summed E-state index contributed by atoms with van der Waals surface area (Å²) >= 11 is 2.79. The number of nitrogens with two attached hydrogens (primary N) is 1. The van der Waals surface area contributed by atoms with E-state index >= 15 is 0 Å². The largest absolute Gasteiger partial charge is 0.573 e. The Morgan fingerprint density at radius 3 is 2.17 bits per heavy atom. The molecule has 124 valence electrons. The highest BCUT2D eigenvalue weighted by atomic mass is 79.9. The number of benzene rings is 2. The number of halogens is 6. The molecule has 0 fully saturated rings. The molecule has 0 aromatic heterocycles. The SMILES string of the molecule is N[C@@H](c1ccc(OC(F)(F)F)cc1)c1cc(Br)c(F)c(F)c1O. The van der Waals surface area contributed by atoms with E-state index in [1.54, 1.807) is 0 Å². The summed E-state index contributed by atoms with van der Waals surface area (Å²) in [5.41, 5.74) is 6.00. The lowest BCUT2D eigenvalue weighted by molar-refractivity contribution is -0.274. The van der Waals surface area contributed by atoms with Gasteiger partial charge in [-0.15, -0.1) is 13.2 Å². The maximum atomic E-state index is 13.5. The van der Waals surface area contributed by atoms with Gasteiger partial charge in [-0.2, -0.15) is 4.39 Å². The molecule has 2 aromatic rings. The molecule has 0 bridgehead atoms. The highest BCUT2D eigenvalue weighted by Crippen LogP contribution is 2.35. The van der Waals surface area contributed by atoms with Crippen LogP contribution >= 0.6 is 15.9 Å². The summed E-state index contributed by atoms with van der Waals surface area (Å²) < 4.78 is 66.5. The molecule has 0 saturated heterocycles. The van der Waals surface area contributed by atoms with Crippen LogP contribution in [-0.4, -0.2) is 11.5 Å². The van der Waals surface area contributed by atoms with Gasteiger partial charge in [-0.3, -0.25) is 0 Å². The second kappa shape index (κ2) is 6.32. The topological polar surface area (TPSA) is 55.5 Å². The molecule has 23 heavy (non-hydrogen) atoms. The predicted octanol–water partition coefficient (Wildman–Crippen LogP) is 4.38. The Labute approximate surface area is 135 Å². The second-order valence-corrected chi connectivity index (χ2v) is 5.37. The molecule has 2 aromatic carbocycles. The van der Waals surface area contributed by atoms with Crippen molar-refractivity contribution in [1.82, 2.24) is 0 Å². The van der Waals surface area contributed by atoms with Crippen LogP contribution < -0.4 is 10.5 Å². The first kappa shape index (κ1) is 17.5. The maximum Gasteiger partial charge on any atom is 0.573 e. The summed E-state index contributed by atoms with van der Waals surface area (Å²) in [5.74, 6) is -4.16. The van der Waals surface area contributed by atoms with Crippen molar-refractivity contribution < 1.29 is 31.8 Å². The van der Waals surface area contributed by atoms with Gasteiger partial charge in [0.05, 0.1) is 10.5 Å². The van der Waals surface area contributed by atoms with Crippen molar-refractivity contribution in [2.24, 2.45) is 5.73 Å². The first-order valence-corrected chi connectivity index (χ1v) is 6.87. The molecule has 0 aliphatic carbocycles. The minimum absolute atomic E-state index is 0.125. The monoisotopic (exact) mass is 397 g/mol. The molecule has 9 heteroatoms. The van der Waals surface area contributed by atoms with Crippen LogP contribution in [0.1, 0.15) is 17.2 Å². The molecule has 0 aliphatic heterocycles. The molecule has 1 atom stereocenters. The molecular formula is C14H9BrF5NO2. The quantitative estimate of drug-likeness (QED) is 0.596. The van der Waals surface area contributed by atoms with Crippen LogP contribution in [0.25, 0.3) is 0 Å². The van der Waals surface area contributed by atoms with Crippen LogP contribution in [0.15, 0.2) is 34.8 Å². The van der Waals surface area contributed by atoms with Crippen molar-refractivity contribution >= 4 is 15.9 Å². The summed E-state index contributed by atoms with van der Waals surface area (Å²) in [4.78, 5) is 0. The highest BCUT2D eigenvalue weighted by molar-refractivity contribution is 9.10. The third-order valence-electron chi connectivity index (χ3n) is 2.97. The van der Waals surface area contributed by atoms with Gasteiger partial charge in [0.15, 0.2) is 11.6 Å². The van der Waals surface area contributed by atoms with E-state index in [9.17, 15) is 27.1 Å². The number of aromatic hydroxyl groups is 1. The Kier molecular flexibility index (Phi) is 4.81. The Morgan fingerprint density at radius 1 is 1.09 bits per heavy atom. The molecule has 3 N–H and O–H groups in total. The van der Waals surface area contributed by atoms with Gasteiger partial charge in [-0.1, -0.05) is 12.1 Å². The number of rotatable bonds is 3. The Morgan fingerprint density at radius 2 is 1.65 bits per heavy atom. The Hall–Kier alpha value is -1.87. The number of phenolic OH excluding ortho intramolecular Hbond substituents is 1. The first-order valence-electron chi connectivity index (χ1n) is 6.08. The number of hydrogen-bond donors (Lipinski definition) is 2. The lowest BCUT2D eigenvalue weighted by Crippen LogP contribution is -2.17. The van der Waals surface area contributed by atoms with E-state index in [0.717, 1.165) is 18.2 Å². The van der Waals surface area contributed by atoms with Crippen LogP contribution in [0.2, 0.25) is 0 Å². The van der Waals surface area contributed by atoms with Gasteiger partial charge in [0.2, 0.25) is 5.82 Å². The zero-order chi connectivity index (χ0) is 17.4. The van der Waals surface area contributed by atoms with Crippen LogP contribution in [-0.2, 0) is 0 Å². The van der Waals surface area contributed by atoms with Crippen molar-refractivity contribution in [2.45, 2.75) is 12.4 Å². The van der Waals surface area contributed by atoms with Crippen molar-refractivity contribution in [1.29, 1.82) is 0 Å². The fourth-order valence-corrected chi connectivity index (χ4v) is 2.32. The summed E-state index contributed by atoms with van der Waals surface area (Å²) in [6, 6.07) is 4.50. The minimum Gasteiger partial charge on any atom is -0.505 e. The van der Waals surface area contributed by atoms with Gasteiger partial charge in [-0.25, -0.2) is 4.39 Å². The normalized spacial score (nSPS) is 13.0. The zero-order valence-corrected chi connectivity index (χ0v) is 12.8. The van der Waals surface area contributed by atoms with Gasteiger partial charge < -0.3 is 15.6 Å². The average molecular weight is 398 g/mol. The summed E-state index contributed by atoms with van der Waals surface area (Å²) in [6.07, 6.45) is -4.83. The van der Waals surface area contributed by atoms with Crippen molar-refractivity contribution in [2.75, 3.05) is 0 Å². The second-order valence-electron chi connectivity index (χ2n) is 4.52. The van der Waals surface area contributed by atoms with Crippen LogP contribution in [0.5, 0.6) is 11.5 Å². The first-order chi connectivity index (χ1) is 10.6. The van der Waals surface area contributed by atoms with E-state index in [4.69, 9.17) is 5.73 Å². The van der Waals surface area contributed by atoms with Gasteiger partial charge in [0.25, 0.3) is 0 Å². The van der Waals surface area contributed by atoms with Gasteiger partial charge >= 0.3 is 6.36 Å². The number of alkyl halides is 3. The Bertz CT molecular complexity index is 719. The maximum absolute atomic E-state index is 13.5. The van der Waals surface area contributed by atoms with E-state index in [0.29, 0.717) is 0 Å². The van der Waals surface area contributed by atoms with Gasteiger partial charge in [0.1, 0.15) is 5.75 Å². The lowest BCUT2D eigenvalue weighted by atomic mass is 9.98.